The van der Waals surface area contributed by atoms with Gasteiger partial charge in [-0.3, -0.25) is 14.5 Å². The molecule has 2 aliphatic heterocycles. The summed E-state index contributed by atoms with van der Waals surface area (Å²) in [5, 5.41) is 21.0. The number of aliphatic hydroxyl groups is 2. The van der Waals surface area contributed by atoms with Crippen LogP contribution in [0.5, 0.6) is 0 Å². The van der Waals surface area contributed by atoms with Crippen molar-refractivity contribution in [2.45, 2.75) is 78.8 Å². The zero-order chi connectivity index (χ0) is 32.5. The molecule has 8 atom stereocenters. The average molecular weight is 605 g/mol. The van der Waals surface area contributed by atoms with Crippen LogP contribution in [0.15, 0.2) is 69.1 Å². The maximum atomic E-state index is 12.2. The second-order valence-electron chi connectivity index (χ2n) is 13.4. The minimum absolute atomic E-state index is 0.0331. The number of rotatable bonds is 3. The van der Waals surface area contributed by atoms with E-state index in [9.17, 15) is 19.8 Å². The minimum Gasteiger partial charge on any atom is -0.390 e. The van der Waals surface area contributed by atoms with Crippen LogP contribution in [-0.4, -0.2) is 77.4 Å². The van der Waals surface area contributed by atoms with E-state index in [0.717, 1.165) is 45.7 Å². The van der Waals surface area contributed by atoms with Gasteiger partial charge in [-0.2, -0.15) is 4.89 Å². The highest BCUT2D eigenvalue weighted by atomic mass is 17.2. The number of fused-ring (bicyclic) bond motifs is 4. The molecule has 9 nitrogen and oxygen atoms in total. The van der Waals surface area contributed by atoms with Crippen LogP contribution in [-0.2, 0) is 24.1 Å². The normalized spacial score (nSPS) is 37.5. The fourth-order valence-corrected chi connectivity index (χ4v) is 7.72. The van der Waals surface area contributed by atoms with Crippen LogP contribution in [0.25, 0.3) is 0 Å². The monoisotopic (exact) mass is 604 g/mol. The van der Waals surface area contributed by atoms with Gasteiger partial charge in [0.1, 0.15) is 6.10 Å². The highest BCUT2D eigenvalue weighted by molar-refractivity contribution is 6.00. The number of terminal acetylenes is 1. The fraction of sp³-hybridized carbons (Fsp3) is 0.543. The summed E-state index contributed by atoms with van der Waals surface area (Å²) in [6.45, 7) is 12.1. The van der Waals surface area contributed by atoms with Gasteiger partial charge in [0, 0.05) is 54.6 Å². The van der Waals surface area contributed by atoms with E-state index in [1.165, 1.54) is 5.57 Å². The summed E-state index contributed by atoms with van der Waals surface area (Å²) >= 11 is 0. The lowest BCUT2D eigenvalue weighted by Gasteiger charge is -2.47. The van der Waals surface area contributed by atoms with Gasteiger partial charge in [-0.25, -0.2) is 0 Å². The molecule has 0 saturated heterocycles. The molecule has 44 heavy (non-hydrogen) atoms. The summed E-state index contributed by atoms with van der Waals surface area (Å²) in [5.41, 5.74) is 7.52. The molecule has 2 amide bonds. The quantitative estimate of drug-likeness (QED) is 0.286. The second-order valence-corrected chi connectivity index (χ2v) is 13.4. The van der Waals surface area contributed by atoms with Gasteiger partial charge in [0.25, 0.3) is 11.8 Å². The Labute approximate surface area is 260 Å². The maximum Gasteiger partial charge on any atom is 0.254 e. The van der Waals surface area contributed by atoms with E-state index in [0.29, 0.717) is 6.42 Å². The van der Waals surface area contributed by atoms with Gasteiger partial charge in [0.2, 0.25) is 0 Å². The maximum absolute atomic E-state index is 12.2. The van der Waals surface area contributed by atoms with Crippen molar-refractivity contribution >= 4 is 11.8 Å². The Morgan fingerprint density at radius 3 is 1.66 bits per heavy atom. The molecule has 2 N–H and O–H groups in total. The summed E-state index contributed by atoms with van der Waals surface area (Å²) in [6, 6.07) is 0. The van der Waals surface area contributed by atoms with Gasteiger partial charge in [0.15, 0.2) is 12.2 Å². The third-order valence-corrected chi connectivity index (χ3v) is 11.4. The number of hydrogen-bond acceptors (Lipinski definition) is 7. The molecule has 0 aromatic rings. The standard InChI is InChI=1S/C18H21NO4.C17H23NO3/c1-6-22-23-15-8-12-7-14-13(10(2)17(21)19(14)5)9-18(12,4)11(3)16(15)20;1-9-12-8-17(3)10(2)15(19)14(21-5)7-11(17)6-13(12)18(4)16(9)20/h1,7-8,11,15-16,20H,9H2,2-5H3;6-7,10,14-15,19H,8H2,1-5H3. The number of carbonyl (C=O) groups excluding carboxylic acids is 2. The van der Waals surface area contributed by atoms with Gasteiger partial charge >= 0.3 is 0 Å². The minimum atomic E-state index is -0.734. The molecule has 6 rings (SSSR count). The van der Waals surface area contributed by atoms with Gasteiger partial charge < -0.3 is 24.7 Å². The molecule has 0 fully saturated rings. The molecular formula is C35H44N2O7. The molecule has 0 aromatic carbocycles. The van der Waals surface area contributed by atoms with Gasteiger partial charge in [-0.15, -0.1) is 0 Å². The zero-order valence-electron chi connectivity index (χ0n) is 27.1. The number of amides is 2. The number of nitrogens with zero attached hydrogens (tertiary/aromatic N) is 2. The number of allylic oxidation sites excluding steroid dienone is 6. The Bertz CT molecular complexity index is 1520. The predicted molar refractivity (Wildman–Crippen MR) is 165 cm³/mol. The lowest BCUT2D eigenvalue weighted by atomic mass is 9.60. The van der Waals surface area contributed by atoms with Crippen LogP contribution in [0.1, 0.15) is 54.4 Å². The Morgan fingerprint density at radius 1 is 0.841 bits per heavy atom. The zero-order valence-corrected chi connectivity index (χ0v) is 27.1. The van der Waals surface area contributed by atoms with Gasteiger partial charge in [-0.1, -0.05) is 34.1 Å². The first-order valence-electron chi connectivity index (χ1n) is 15.1. The first-order chi connectivity index (χ1) is 20.6. The number of carbonyl (C=O) groups is 2. The molecule has 0 bridgehead atoms. The van der Waals surface area contributed by atoms with E-state index in [-0.39, 0.29) is 40.6 Å². The second kappa shape index (κ2) is 11.2. The molecular weight excluding hydrogens is 560 g/mol. The Balaban J connectivity index is 0.000000175. The molecule has 236 valence electrons. The van der Waals surface area contributed by atoms with Crippen LogP contribution in [0.3, 0.4) is 0 Å². The summed E-state index contributed by atoms with van der Waals surface area (Å²) in [4.78, 5) is 37.5. The molecule has 0 saturated carbocycles. The lowest BCUT2D eigenvalue weighted by Crippen LogP contribution is -2.47. The number of likely N-dealkylation sites (N-methyl/N-ethyl adjacent to an activating group) is 2. The van der Waals surface area contributed by atoms with Crippen molar-refractivity contribution in [2.24, 2.45) is 22.7 Å². The van der Waals surface area contributed by atoms with Gasteiger partial charge in [-0.05, 0) is 85.1 Å². The van der Waals surface area contributed by atoms with E-state index in [2.05, 4.69) is 31.7 Å². The van der Waals surface area contributed by atoms with E-state index in [1.807, 2.05) is 52.2 Å². The van der Waals surface area contributed by atoms with Crippen molar-refractivity contribution in [2.75, 3.05) is 21.2 Å². The van der Waals surface area contributed by atoms with Crippen LogP contribution in [0.4, 0.5) is 0 Å². The van der Waals surface area contributed by atoms with Crippen molar-refractivity contribution in [1.82, 2.24) is 9.80 Å². The van der Waals surface area contributed by atoms with Crippen LogP contribution in [0, 0.1) is 35.2 Å². The molecule has 0 aromatic heterocycles. The molecule has 8 unspecified atom stereocenters. The Hall–Kier alpha value is -3.42. The number of ether oxygens (including phenoxy) is 1. The van der Waals surface area contributed by atoms with E-state index < -0.39 is 18.3 Å². The molecule has 2 heterocycles. The number of aliphatic hydroxyl groups excluding tert-OH is 2. The number of hydrogen-bond donors (Lipinski definition) is 2. The summed E-state index contributed by atoms with van der Waals surface area (Å²) in [7, 11) is 5.23. The van der Waals surface area contributed by atoms with Crippen molar-refractivity contribution < 1.29 is 34.3 Å². The number of methoxy groups -OCH3 is 1. The fourth-order valence-electron chi connectivity index (χ4n) is 7.72. The van der Waals surface area contributed by atoms with Crippen molar-refractivity contribution in [3.63, 3.8) is 0 Å². The van der Waals surface area contributed by atoms with Crippen molar-refractivity contribution in [1.29, 1.82) is 0 Å². The first kappa shape index (κ1) is 32.0. The molecule has 4 aliphatic carbocycles. The highest BCUT2D eigenvalue weighted by Gasteiger charge is 2.51. The Kier molecular flexibility index (Phi) is 8.13. The van der Waals surface area contributed by atoms with Crippen molar-refractivity contribution in [3.8, 4) is 12.5 Å². The predicted octanol–water partition coefficient (Wildman–Crippen LogP) is 3.93. The Morgan fingerprint density at radius 2 is 1.25 bits per heavy atom. The lowest BCUT2D eigenvalue weighted by molar-refractivity contribution is -0.285. The van der Waals surface area contributed by atoms with E-state index >= 15 is 0 Å². The topological polar surface area (TPSA) is 109 Å². The first-order valence-corrected chi connectivity index (χ1v) is 15.1. The molecule has 0 spiro atoms. The summed E-state index contributed by atoms with van der Waals surface area (Å²) < 4.78 is 5.40. The smallest absolute Gasteiger partial charge is 0.254 e. The summed E-state index contributed by atoms with van der Waals surface area (Å²) in [6.07, 6.45) is 14.3. The summed E-state index contributed by atoms with van der Waals surface area (Å²) in [5.74, 6) is 0.107. The largest absolute Gasteiger partial charge is 0.390 e. The third kappa shape index (κ3) is 4.62. The van der Waals surface area contributed by atoms with Crippen molar-refractivity contribution in [3.05, 3.63) is 69.1 Å². The average Bonchev–Trinajstić information content (AvgIpc) is 3.33. The van der Waals surface area contributed by atoms with Crippen LogP contribution >= 0.6 is 0 Å². The molecule has 9 heteroatoms. The SMILES string of the molecule is C#COOC1C=C2C=C3C(=C(C)C(=O)N3C)CC2(C)C(C)C1O.COC1C=C2C=C3C(=C(C)C(=O)N3C)CC2(C)C(C)C1O. The van der Waals surface area contributed by atoms with Crippen LogP contribution < -0.4 is 0 Å². The van der Waals surface area contributed by atoms with Gasteiger partial charge in [0.05, 0.1) is 12.2 Å². The van der Waals surface area contributed by atoms with Crippen LogP contribution in [0.2, 0.25) is 0 Å². The highest BCUT2D eigenvalue weighted by Crippen LogP contribution is 2.55. The van der Waals surface area contributed by atoms with E-state index in [4.69, 9.17) is 16.0 Å². The third-order valence-electron chi connectivity index (χ3n) is 11.4. The molecule has 6 aliphatic rings. The molecule has 0 radical (unpaired) electrons. The van der Waals surface area contributed by atoms with E-state index in [1.54, 1.807) is 24.0 Å².